The summed E-state index contributed by atoms with van der Waals surface area (Å²) in [6.45, 7) is 12.0. The van der Waals surface area contributed by atoms with Crippen LogP contribution in [-0.4, -0.2) is 40.8 Å². The number of rotatable bonds is 8. The van der Waals surface area contributed by atoms with Gasteiger partial charge in [0.1, 0.15) is 5.54 Å². The lowest BCUT2D eigenvalue weighted by Gasteiger charge is -2.41. The molecule has 0 aliphatic heterocycles. The molecule has 1 N–H and O–H groups in total. The van der Waals surface area contributed by atoms with Gasteiger partial charge < -0.3 is 9.84 Å². The first-order valence-corrected chi connectivity index (χ1v) is 7.39. The maximum atomic E-state index is 12.1. The van der Waals surface area contributed by atoms with Gasteiger partial charge in [0.15, 0.2) is 0 Å². The van der Waals surface area contributed by atoms with Gasteiger partial charge in [-0.2, -0.15) is 0 Å². The molecule has 5 heteroatoms. The van der Waals surface area contributed by atoms with Gasteiger partial charge >= 0.3 is 12.1 Å². The van der Waals surface area contributed by atoms with Gasteiger partial charge in [0, 0.05) is 6.54 Å². The zero-order valence-electron chi connectivity index (χ0n) is 13.6. The summed E-state index contributed by atoms with van der Waals surface area (Å²) in [6.07, 6.45) is 0.305. The van der Waals surface area contributed by atoms with Crippen LogP contribution in [0.3, 0.4) is 0 Å². The minimum Gasteiger partial charge on any atom is -0.479 e. The normalized spacial score (nSPS) is 11.8. The lowest BCUT2D eigenvalue weighted by molar-refractivity contribution is -0.153. The molecule has 0 aliphatic carbocycles. The third-order valence-electron chi connectivity index (χ3n) is 3.21. The summed E-state index contributed by atoms with van der Waals surface area (Å²) in [5.41, 5.74) is -1.19. The second-order valence-electron chi connectivity index (χ2n) is 5.98. The number of nitrogens with zero attached hydrogens (tertiary/aromatic N) is 1. The molecule has 0 unspecified atom stereocenters. The standard InChI is InChI=1S/C15H29NO4/c1-7-16(14(19)20-8-2)15(13(17)18,9-11(3)4)10-12(5)6/h11-12H,7-10H2,1-6H3,(H,17,18). The Morgan fingerprint density at radius 3 is 1.80 bits per heavy atom. The minimum absolute atomic E-state index is 0.174. The van der Waals surface area contributed by atoms with Crippen LogP contribution >= 0.6 is 0 Å². The molecule has 0 spiro atoms. The zero-order valence-corrected chi connectivity index (χ0v) is 13.6. The fourth-order valence-corrected chi connectivity index (χ4v) is 2.75. The number of likely N-dealkylation sites (N-methyl/N-ethyl adjacent to an activating group) is 1. The quantitative estimate of drug-likeness (QED) is 0.743. The average Bonchev–Trinajstić information content (AvgIpc) is 2.27. The molecule has 0 saturated carbocycles. The van der Waals surface area contributed by atoms with E-state index < -0.39 is 17.6 Å². The van der Waals surface area contributed by atoms with Crippen LogP contribution in [0, 0.1) is 11.8 Å². The van der Waals surface area contributed by atoms with Crippen molar-refractivity contribution in [3.8, 4) is 0 Å². The lowest BCUT2D eigenvalue weighted by atomic mass is 9.80. The molecule has 0 bridgehead atoms. The Morgan fingerprint density at radius 1 is 1.10 bits per heavy atom. The molecule has 0 radical (unpaired) electrons. The largest absolute Gasteiger partial charge is 0.479 e. The van der Waals surface area contributed by atoms with Crippen molar-refractivity contribution in [3.63, 3.8) is 0 Å². The van der Waals surface area contributed by atoms with E-state index in [2.05, 4.69) is 0 Å². The molecule has 0 fully saturated rings. The highest BCUT2D eigenvalue weighted by Crippen LogP contribution is 2.32. The summed E-state index contributed by atoms with van der Waals surface area (Å²) >= 11 is 0. The predicted octanol–water partition coefficient (Wildman–Crippen LogP) is 3.38. The van der Waals surface area contributed by atoms with Gasteiger partial charge in [-0.05, 0) is 38.5 Å². The van der Waals surface area contributed by atoms with Gasteiger partial charge in [0.2, 0.25) is 0 Å². The molecule has 118 valence electrons. The smallest absolute Gasteiger partial charge is 0.410 e. The van der Waals surface area contributed by atoms with Crippen LogP contribution in [0.2, 0.25) is 0 Å². The van der Waals surface area contributed by atoms with Crippen molar-refractivity contribution in [1.82, 2.24) is 4.90 Å². The fraction of sp³-hybridized carbons (Fsp3) is 0.867. The van der Waals surface area contributed by atoms with E-state index in [1.807, 2.05) is 27.7 Å². The molecule has 5 nitrogen and oxygen atoms in total. The summed E-state index contributed by atoms with van der Waals surface area (Å²) in [5, 5.41) is 9.79. The number of carboxylic acids is 1. The zero-order chi connectivity index (χ0) is 15.9. The van der Waals surface area contributed by atoms with Crippen molar-refractivity contribution in [2.75, 3.05) is 13.2 Å². The molecular formula is C15H29NO4. The molecule has 20 heavy (non-hydrogen) atoms. The first-order valence-electron chi connectivity index (χ1n) is 7.39. The molecule has 0 aromatic rings. The van der Waals surface area contributed by atoms with E-state index in [-0.39, 0.29) is 18.4 Å². The third kappa shape index (κ3) is 4.69. The average molecular weight is 287 g/mol. The number of ether oxygens (including phenoxy) is 1. The highest BCUT2D eigenvalue weighted by atomic mass is 16.6. The first kappa shape index (κ1) is 18.7. The fourth-order valence-electron chi connectivity index (χ4n) is 2.75. The van der Waals surface area contributed by atoms with Gasteiger partial charge in [0.05, 0.1) is 6.61 Å². The Labute approximate surface area is 122 Å². The third-order valence-corrected chi connectivity index (χ3v) is 3.21. The van der Waals surface area contributed by atoms with Crippen LogP contribution in [0.25, 0.3) is 0 Å². The second-order valence-corrected chi connectivity index (χ2v) is 5.98. The number of carbonyl (C=O) groups excluding carboxylic acids is 1. The van der Waals surface area contributed by atoms with Crippen LogP contribution in [-0.2, 0) is 9.53 Å². The van der Waals surface area contributed by atoms with E-state index >= 15 is 0 Å². The summed E-state index contributed by atoms with van der Waals surface area (Å²) in [6, 6.07) is 0. The van der Waals surface area contributed by atoms with Crippen molar-refractivity contribution >= 4 is 12.1 Å². The molecule has 0 atom stereocenters. The summed E-state index contributed by atoms with van der Waals surface area (Å²) < 4.78 is 5.04. The van der Waals surface area contributed by atoms with Crippen LogP contribution in [0.1, 0.15) is 54.4 Å². The number of carboxylic acid groups (broad SMARTS) is 1. The number of hydrogen-bond acceptors (Lipinski definition) is 3. The SMILES string of the molecule is CCOC(=O)N(CC)C(CC(C)C)(CC(C)C)C(=O)O. The number of amides is 1. The minimum atomic E-state index is -1.19. The molecule has 0 heterocycles. The predicted molar refractivity (Wildman–Crippen MR) is 78.7 cm³/mol. The van der Waals surface area contributed by atoms with E-state index in [0.717, 1.165) is 0 Å². The Balaban J connectivity index is 5.63. The highest BCUT2D eigenvalue weighted by Gasteiger charge is 2.47. The van der Waals surface area contributed by atoms with Crippen LogP contribution in [0.4, 0.5) is 4.79 Å². The molecular weight excluding hydrogens is 258 g/mol. The summed E-state index contributed by atoms with van der Waals surface area (Å²) in [4.78, 5) is 25.5. The van der Waals surface area contributed by atoms with Crippen molar-refractivity contribution in [2.45, 2.75) is 59.9 Å². The molecule has 0 aliphatic rings. The van der Waals surface area contributed by atoms with Gasteiger partial charge in [-0.1, -0.05) is 27.7 Å². The van der Waals surface area contributed by atoms with Crippen molar-refractivity contribution in [2.24, 2.45) is 11.8 Å². The lowest BCUT2D eigenvalue weighted by Crippen LogP contribution is -2.58. The van der Waals surface area contributed by atoms with Gasteiger partial charge in [0.25, 0.3) is 0 Å². The van der Waals surface area contributed by atoms with Gasteiger partial charge in [-0.15, -0.1) is 0 Å². The maximum Gasteiger partial charge on any atom is 0.410 e. The summed E-state index contributed by atoms with van der Waals surface area (Å²) in [7, 11) is 0. The van der Waals surface area contributed by atoms with E-state index in [1.54, 1.807) is 13.8 Å². The van der Waals surface area contributed by atoms with E-state index in [4.69, 9.17) is 4.74 Å². The van der Waals surface area contributed by atoms with Crippen LogP contribution in [0.15, 0.2) is 0 Å². The van der Waals surface area contributed by atoms with E-state index in [9.17, 15) is 14.7 Å². The van der Waals surface area contributed by atoms with Crippen LogP contribution < -0.4 is 0 Å². The summed E-state index contributed by atoms with van der Waals surface area (Å²) in [5.74, 6) is -0.601. The number of aliphatic carboxylic acids is 1. The second kappa shape index (κ2) is 8.12. The topological polar surface area (TPSA) is 66.8 Å². The molecule has 0 aromatic carbocycles. The van der Waals surface area contributed by atoms with Gasteiger partial charge in [-0.25, -0.2) is 9.59 Å². The van der Waals surface area contributed by atoms with E-state index in [0.29, 0.717) is 19.4 Å². The molecule has 0 saturated heterocycles. The van der Waals surface area contributed by atoms with Crippen LogP contribution in [0.5, 0.6) is 0 Å². The van der Waals surface area contributed by atoms with Crippen molar-refractivity contribution in [1.29, 1.82) is 0 Å². The maximum absolute atomic E-state index is 12.1. The Kier molecular flexibility index (Phi) is 7.61. The number of hydrogen-bond donors (Lipinski definition) is 1. The van der Waals surface area contributed by atoms with Crippen molar-refractivity contribution < 1.29 is 19.4 Å². The Hall–Kier alpha value is -1.26. The molecule has 0 rings (SSSR count). The monoisotopic (exact) mass is 287 g/mol. The first-order chi connectivity index (χ1) is 9.21. The number of carbonyl (C=O) groups is 2. The van der Waals surface area contributed by atoms with Crippen molar-refractivity contribution in [3.05, 3.63) is 0 Å². The Morgan fingerprint density at radius 2 is 1.55 bits per heavy atom. The van der Waals surface area contributed by atoms with E-state index in [1.165, 1.54) is 4.90 Å². The van der Waals surface area contributed by atoms with Gasteiger partial charge in [-0.3, -0.25) is 4.90 Å². The molecule has 1 amide bonds. The molecule has 0 aromatic heterocycles. The Bertz CT molecular complexity index is 316. The highest BCUT2D eigenvalue weighted by molar-refractivity contribution is 5.84.